The second-order valence-corrected chi connectivity index (χ2v) is 4.79. The van der Waals surface area contributed by atoms with Gasteiger partial charge in [0, 0.05) is 19.3 Å². The van der Waals surface area contributed by atoms with Crippen molar-refractivity contribution in [1.29, 1.82) is 0 Å². The van der Waals surface area contributed by atoms with Gasteiger partial charge in [-0.25, -0.2) is 0 Å². The topological polar surface area (TPSA) is 54.0 Å². The Morgan fingerprint density at radius 1 is 1.50 bits per heavy atom. The summed E-state index contributed by atoms with van der Waals surface area (Å²) in [5, 5.41) is 6.15. The van der Waals surface area contributed by atoms with Gasteiger partial charge in [-0.2, -0.15) is 0 Å². The Kier molecular flexibility index (Phi) is 4.56. The zero-order valence-electron chi connectivity index (χ0n) is 10.9. The van der Waals surface area contributed by atoms with Crippen LogP contribution in [0, 0.1) is 5.92 Å². The highest BCUT2D eigenvalue weighted by Gasteiger charge is 2.17. The average Bonchev–Trinajstić information content (AvgIpc) is 2.33. The number of pyridine rings is 1. The molecule has 2 rings (SSSR count). The molecule has 0 unspecified atom stereocenters. The van der Waals surface area contributed by atoms with Crippen LogP contribution in [0.25, 0.3) is 0 Å². The third-order valence-corrected chi connectivity index (χ3v) is 3.50. The predicted molar refractivity (Wildman–Crippen MR) is 72.7 cm³/mol. The first-order valence-electron chi connectivity index (χ1n) is 6.77. The van der Waals surface area contributed by atoms with E-state index < -0.39 is 0 Å². The summed E-state index contributed by atoms with van der Waals surface area (Å²) in [6, 6.07) is 1.76. The van der Waals surface area contributed by atoms with E-state index in [2.05, 4.69) is 15.6 Å². The number of carbonyl (C=O) groups is 1. The molecule has 0 atom stereocenters. The molecule has 0 aliphatic heterocycles. The van der Waals surface area contributed by atoms with Crippen molar-refractivity contribution in [3.8, 4) is 0 Å². The molecule has 4 heteroatoms. The molecular formula is C14H21N3O. The number of nitrogens with one attached hydrogen (secondary N) is 2. The summed E-state index contributed by atoms with van der Waals surface area (Å²) in [4.78, 5) is 16.1. The highest BCUT2D eigenvalue weighted by atomic mass is 16.1. The molecule has 1 aromatic rings. The van der Waals surface area contributed by atoms with E-state index in [9.17, 15) is 4.79 Å². The summed E-state index contributed by atoms with van der Waals surface area (Å²) >= 11 is 0. The molecule has 4 nitrogen and oxygen atoms in total. The van der Waals surface area contributed by atoms with Crippen LogP contribution in [0.1, 0.15) is 43.0 Å². The van der Waals surface area contributed by atoms with Crippen LogP contribution in [-0.4, -0.2) is 24.0 Å². The van der Waals surface area contributed by atoms with E-state index in [4.69, 9.17) is 0 Å². The Morgan fingerprint density at radius 3 is 3.00 bits per heavy atom. The fourth-order valence-corrected chi connectivity index (χ4v) is 2.19. The van der Waals surface area contributed by atoms with Crippen LogP contribution in [-0.2, 0) is 0 Å². The molecular weight excluding hydrogens is 226 g/mol. The zero-order chi connectivity index (χ0) is 12.8. The molecule has 0 spiro atoms. The minimum absolute atomic E-state index is 0.00678. The van der Waals surface area contributed by atoms with Crippen LogP contribution in [0.5, 0.6) is 0 Å². The number of hydrogen-bond acceptors (Lipinski definition) is 3. The SMILES string of the molecule is CCNc1cnccc1C(=O)NCCC1CCC1. The Labute approximate surface area is 108 Å². The van der Waals surface area contributed by atoms with E-state index >= 15 is 0 Å². The third-order valence-electron chi connectivity index (χ3n) is 3.50. The van der Waals surface area contributed by atoms with Crippen LogP contribution in [0.15, 0.2) is 18.5 Å². The second-order valence-electron chi connectivity index (χ2n) is 4.79. The highest BCUT2D eigenvalue weighted by molar-refractivity contribution is 5.99. The lowest BCUT2D eigenvalue weighted by atomic mass is 9.83. The number of nitrogens with zero attached hydrogens (tertiary/aromatic N) is 1. The number of aromatic nitrogens is 1. The zero-order valence-corrected chi connectivity index (χ0v) is 10.9. The van der Waals surface area contributed by atoms with Crippen molar-refractivity contribution >= 4 is 11.6 Å². The van der Waals surface area contributed by atoms with Crippen molar-refractivity contribution < 1.29 is 4.79 Å². The van der Waals surface area contributed by atoms with E-state index in [1.807, 2.05) is 6.92 Å². The molecule has 0 radical (unpaired) electrons. The third kappa shape index (κ3) is 3.22. The molecule has 2 N–H and O–H groups in total. The van der Waals surface area contributed by atoms with Gasteiger partial charge in [-0.15, -0.1) is 0 Å². The minimum Gasteiger partial charge on any atom is -0.383 e. The maximum Gasteiger partial charge on any atom is 0.253 e. The van der Waals surface area contributed by atoms with Gasteiger partial charge in [0.05, 0.1) is 17.4 Å². The van der Waals surface area contributed by atoms with Crippen LogP contribution in [0.2, 0.25) is 0 Å². The quantitative estimate of drug-likeness (QED) is 0.811. The summed E-state index contributed by atoms with van der Waals surface area (Å²) in [6.07, 6.45) is 8.47. The summed E-state index contributed by atoms with van der Waals surface area (Å²) < 4.78 is 0. The fourth-order valence-electron chi connectivity index (χ4n) is 2.19. The number of anilines is 1. The molecule has 98 valence electrons. The summed E-state index contributed by atoms with van der Waals surface area (Å²) in [7, 11) is 0. The van der Waals surface area contributed by atoms with Crippen molar-refractivity contribution in [2.75, 3.05) is 18.4 Å². The van der Waals surface area contributed by atoms with Gasteiger partial charge in [-0.3, -0.25) is 9.78 Å². The van der Waals surface area contributed by atoms with Gasteiger partial charge < -0.3 is 10.6 Å². The Balaban J connectivity index is 1.86. The molecule has 1 fully saturated rings. The standard InChI is InChI=1S/C14H21N3O/c1-2-16-13-10-15-8-7-12(13)14(18)17-9-6-11-4-3-5-11/h7-8,10-11,16H,2-6,9H2,1H3,(H,17,18). The summed E-state index contributed by atoms with van der Waals surface area (Å²) in [6.45, 7) is 3.57. The molecule has 0 saturated heterocycles. The molecule has 0 aromatic carbocycles. The van der Waals surface area contributed by atoms with E-state index in [-0.39, 0.29) is 5.91 Å². The van der Waals surface area contributed by atoms with Crippen molar-refractivity contribution in [3.05, 3.63) is 24.0 Å². The van der Waals surface area contributed by atoms with Crippen molar-refractivity contribution in [2.45, 2.75) is 32.6 Å². The molecule has 1 aliphatic carbocycles. The van der Waals surface area contributed by atoms with Crippen LogP contribution < -0.4 is 10.6 Å². The number of amides is 1. The normalized spacial score (nSPS) is 14.9. The molecule has 0 bridgehead atoms. The summed E-state index contributed by atoms with van der Waals surface area (Å²) in [5.41, 5.74) is 1.49. The van der Waals surface area contributed by atoms with Gasteiger partial charge >= 0.3 is 0 Å². The lowest BCUT2D eigenvalue weighted by Crippen LogP contribution is -2.28. The maximum absolute atomic E-state index is 12.0. The van der Waals surface area contributed by atoms with Gasteiger partial charge in [0.15, 0.2) is 0 Å². The van der Waals surface area contributed by atoms with Crippen LogP contribution >= 0.6 is 0 Å². The summed E-state index contributed by atoms with van der Waals surface area (Å²) in [5.74, 6) is 0.823. The van der Waals surface area contributed by atoms with Gasteiger partial charge in [-0.05, 0) is 25.3 Å². The van der Waals surface area contributed by atoms with Crippen LogP contribution in [0.4, 0.5) is 5.69 Å². The average molecular weight is 247 g/mol. The van der Waals surface area contributed by atoms with E-state index in [0.29, 0.717) is 5.56 Å². The minimum atomic E-state index is -0.00678. The first-order chi connectivity index (χ1) is 8.81. The van der Waals surface area contributed by atoms with Gasteiger partial charge in [0.25, 0.3) is 5.91 Å². The lowest BCUT2D eigenvalue weighted by Gasteiger charge is -2.25. The van der Waals surface area contributed by atoms with Crippen molar-refractivity contribution in [2.24, 2.45) is 5.92 Å². The monoisotopic (exact) mass is 247 g/mol. The lowest BCUT2D eigenvalue weighted by molar-refractivity contribution is 0.0949. The predicted octanol–water partition coefficient (Wildman–Crippen LogP) is 2.43. The van der Waals surface area contributed by atoms with E-state index in [1.54, 1.807) is 18.5 Å². The van der Waals surface area contributed by atoms with Gasteiger partial charge in [-0.1, -0.05) is 19.3 Å². The molecule has 1 heterocycles. The second kappa shape index (κ2) is 6.38. The molecule has 1 aromatic heterocycles. The Bertz CT molecular complexity index is 402. The number of carbonyl (C=O) groups excluding carboxylic acids is 1. The van der Waals surface area contributed by atoms with Crippen molar-refractivity contribution in [3.63, 3.8) is 0 Å². The first kappa shape index (κ1) is 12.9. The highest BCUT2D eigenvalue weighted by Crippen LogP contribution is 2.28. The molecule has 1 saturated carbocycles. The smallest absolute Gasteiger partial charge is 0.253 e. The Morgan fingerprint density at radius 2 is 2.33 bits per heavy atom. The van der Waals surface area contributed by atoms with E-state index in [0.717, 1.165) is 31.1 Å². The first-order valence-corrected chi connectivity index (χ1v) is 6.77. The molecule has 1 amide bonds. The number of rotatable bonds is 6. The number of hydrogen-bond donors (Lipinski definition) is 2. The van der Waals surface area contributed by atoms with Gasteiger partial charge in [0.2, 0.25) is 0 Å². The molecule has 18 heavy (non-hydrogen) atoms. The molecule has 1 aliphatic rings. The van der Waals surface area contributed by atoms with Crippen LogP contribution in [0.3, 0.4) is 0 Å². The van der Waals surface area contributed by atoms with E-state index in [1.165, 1.54) is 19.3 Å². The largest absolute Gasteiger partial charge is 0.383 e. The maximum atomic E-state index is 12.0. The van der Waals surface area contributed by atoms with Crippen molar-refractivity contribution in [1.82, 2.24) is 10.3 Å². The van der Waals surface area contributed by atoms with Gasteiger partial charge in [0.1, 0.15) is 0 Å². The fraction of sp³-hybridized carbons (Fsp3) is 0.571. The Hall–Kier alpha value is -1.58.